The van der Waals surface area contributed by atoms with Crippen LogP contribution in [0.1, 0.15) is 16.3 Å². The van der Waals surface area contributed by atoms with Gasteiger partial charge in [0, 0.05) is 31.4 Å². The molecule has 0 unspecified atom stereocenters. The molecule has 0 aliphatic rings. The van der Waals surface area contributed by atoms with Crippen molar-refractivity contribution in [1.82, 2.24) is 15.6 Å². The lowest BCUT2D eigenvalue weighted by molar-refractivity contribution is 0.739. The Bertz CT molecular complexity index is 750. The Hall–Kier alpha value is -1.19. The van der Waals surface area contributed by atoms with Crippen molar-refractivity contribution in [3.8, 4) is 0 Å². The average molecular weight is 486 g/mol. The van der Waals surface area contributed by atoms with E-state index in [1.165, 1.54) is 14.6 Å². The number of fused-ring (bicyclic) bond motifs is 1. The SMILES string of the molecule is CN=C(NCCCc1nc2ccccc2s1)NCCc1cccs1.I. The number of thiophene rings is 1. The van der Waals surface area contributed by atoms with Crippen LogP contribution in [0.25, 0.3) is 10.2 Å². The highest BCUT2D eigenvalue weighted by Crippen LogP contribution is 2.22. The van der Waals surface area contributed by atoms with Gasteiger partial charge in [-0.15, -0.1) is 46.7 Å². The maximum Gasteiger partial charge on any atom is 0.190 e. The van der Waals surface area contributed by atoms with Crippen LogP contribution in [-0.2, 0) is 12.8 Å². The first kappa shape index (κ1) is 20.1. The molecule has 7 heteroatoms. The van der Waals surface area contributed by atoms with Gasteiger partial charge in [0.2, 0.25) is 0 Å². The van der Waals surface area contributed by atoms with E-state index in [2.05, 4.69) is 56.3 Å². The molecule has 0 bridgehead atoms. The smallest absolute Gasteiger partial charge is 0.190 e. The number of hydrogen-bond donors (Lipinski definition) is 2. The van der Waals surface area contributed by atoms with E-state index in [4.69, 9.17) is 0 Å². The van der Waals surface area contributed by atoms with Gasteiger partial charge in [-0.25, -0.2) is 4.98 Å². The summed E-state index contributed by atoms with van der Waals surface area (Å²) in [5.74, 6) is 0.871. The summed E-state index contributed by atoms with van der Waals surface area (Å²) < 4.78 is 1.27. The summed E-state index contributed by atoms with van der Waals surface area (Å²) in [5.41, 5.74) is 1.11. The minimum atomic E-state index is 0. The van der Waals surface area contributed by atoms with Crippen LogP contribution in [0.4, 0.5) is 0 Å². The summed E-state index contributed by atoms with van der Waals surface area (Å²) in [6.07, 6.45) is 3.08. The monoisotopic (exact) mass is 486 g/mol. The summed E-state index contributed by atoms with van der Waals surface area (Å²) in [6, 6.07) is 12.6. The molecule has 0 atom stereocenters. The molecule has 3 rings (SSSR count). The van der Waals surface area contributed by atoms with E-state index in [0.29, 0.717) is 0 Å². The second kappa shape index (κ2) is 10.7. The standard InChI is InChI=1S/C18H22N4S2.HI/c1-19-18(21-12-10-14-6-5-13-23-14)20-11-4-9-17-22-15-7-2-3-8-16(15)24-17;/h2-3,5-8,13H,4,9-12H2,1H3,(H2,19,20,21);1H. The van der Waals surface area contributed by atoms with Crippen LogP contribution in [0.2, 0.25) is 0 Å². The van der Waals surface area contributed by atoms with Crippen molar-refractivity contribution in [2.75, 3.05) is 20.1 Å². The predicted octanol–water partition coefficient (Wildman–Crippen LogP) is 4.32. The normalized spacial score (nSPS) is 11.3. The predicted molar refractivity (Wildman–Crippen MR) is 121 cm³/mol. The molecule has 134 valence electrons. The molecule has 0 aliphatic carbocycles. The fraction of sp³-hybridized carbons (Fsp3) is 0.333. The molecule has 2 heterocycles. The molecule has 4 nitrogen and oxygen atoms in total. The average Bonchev–Trinajstić information content (AvgIpc) is 3.25. The number of aromatic nitrogens is 1. The number of halogens is 1. The topological polar surface area (TPSA) is 49.3 Å². The van der Waals surface area contributed by atoms with Crippen molar-refractivity contribution >= 4 is 62.8 Å². The molecule has 3 aromatic rings. The lowest BCUT2D eigenvalue weighted by Gasteiger charge is -2.11. The number of aliphatic imine (C=N–C) groups is 1. The Kier molecular flexibility index (Phi) is 8.63. The number of benzene rings is 1. The van der Waals surface area contributed by atoms with E-state index in [1.807, 2.05) is 13.1 Å². The van der Waals surface area contributed by atoms with Crippen LogP contribution in [0, 0.1) is 0 Å². The second-order valence-corrected chi connectivity index (χ2v) is 7.58. The number of thiazole rings is 1. The van der Waals surface area contributed by atoms with E-state index in [1.54, 1.807) is 22.7 Å². The van der Waals surface area contributed by atoms with Crippen LogP contribution in [0.3, 0.4) is 0 Å². The maximum absolute atomic E-state index is 4.67. The summed E-state index contributed by atoms with van der Waals surface area (Å²) >= 11 is 3.59. The van der Waals surface area contributed by atoms with Crippen LogP contribution >= 0.6 is 46.7 Å². The molecule has 2 aromatic heterocycles. The Labute approximate surface area is 173 Å². The zero-order valence-corrected chi connectivity index (χ0v) is 18.2. The van der Waals surface area contributed by atoms with Gasteiger partial charge in [0.15, 0.2) is 5.96 Å². The third-order valence-electron chi connectivity index (χ3n) is 3.67. The zero-order chi connectivity index (χ0) is 16.6. The third kappa shape index (κ3) is 6.23. The van der Waals surface area contributed by atoms with Crippen molar-refractivity contribution in [1.29, 1.82) is 0 Å². The van der Waals surface area contributed by atoms with Gasteiger partial charge in [0.25, 0.3) is 0 Å². The van der Waals surface area contributed by atoms with E-state index in [9.17, 15) is 0 Å². The molecular formula is C18H23IN4S2. The molecule has 0 aliphatic heterocycles. The number of aryl methyl sites for hydroxylation is 1. The van der Waals surface area contributed by atoms with Gasteiger partial charge >= 0.3 is 0 Å². The Balaban J connectivity index is 0.00000225. The quantitative estimate of drug-likeness (QED) is 0.227. The highest BCUT2D eigenvalue weighted by Gasteiger charge is 2.03. The van der Waals surface area contributed by atoms with Crippen molar-refractivity contribution < 1.29 is 0 Å². The number of hydrogen-bond acceptors (Lipinski definition) is 4. The van der Waals surface area contributed by atoms with Crippen molar-refractivity contribution in [2.45, 2.75) is 19.3 Å². The van der Waals surface area contributed by atoms with Gasteiger partial charge in [0.05, 0.1) is 15.2 Å². The van der Waals surface area contributed by atoms with E-state index < -0.39 is 0 Å². The molecule has 2 N–H and O–H groups in total. The maximum atomic E-state index is 4.67. The van der Waals surface area contributed by atoms with Gasteiger partial charge in [0.1, 0.15) is 0 Å². The molecule has 0 amide bonds. The number of rotatable bonds is 7. The highest BCUT2D eigenvalue weighted by atomic mass is 127. The highest BCUT2D eigenvalue weighted by molar-refractivity contribution is 14.0. The van der Waals surface area contributed by atoms with Gasteiger partial charge in [-0.2, -0.15) is 0 Å². The Morgan fingerprint density at radius 1 is 1.08 bits per heavy atom. The van der Waals surface area contributed by atoms with E-state index >= 15 is 0 Å². The van der Waals surface area contributed by atoms with Crippen LogP contribution in [0.15, 0.2) is 46.8 Å². The fourth-order valence-electron chi connectivity index (χ4n) is 2.45. The summed E-state index contributed by atoms with van der Waals surface area (Å²) in [7, 11) is 1.81. The number of guanidine groups is 1. The van der Waals surface area contributed by atoms with Crippen molar-refractivity contribution in [2.24, 2.45) is 4.99 Å². The first-order valence-electron chi connectivity index (χ1n) is 8.16. The first-order chi connectivity index (χ1) is 11.8. The van der Waals surface area contributed by atoms with Crippen molar-refractivity contribution in [3.05, 3.63) is 51.7 Å². The zero-order valence-electron chi connectivity index (χ0n) is 14.2. The number of nitrogens with one attached hydrogen (secondary N) is 2. The molecule has 1 aromatic carbocycles. The van der Waals surface area contributed by atoms with Gasteiger partial charge in [-0.05, 0) is 36.4 Å². The minimum absolute atomic E-state index is 0. The molecule has 0 saturated heterocycles. The molecule has 0 radical (unpaired) electrons. The lowest BCUT2D eigenvalue weighted by Crippen LogP contribution is -2.38. The van der Waals surface area contributed by atoms with Gasteiger partial charge in [-0.3, -0.25) is 4.99 Å². The second-order valence-electron chi connectivity index (χ2n) is 5.43. The van der Waals surface area contributed by atoms with Gasteiger partial charge in [-0.1, -0.05) is 18.2 Å². The lowest BCUT2D eigenvalue weighted by atomic mass is 10.3. The molecule has 0 fully saturated rings. The molecule has 25 heavy (non-hydrogen) atoms. The number of nitrogens with zero attached hydrogens (tertiary/aromatic N) is 2. The Morgan fingerprint density at radius 2 is 1.92 bits per heavy atom. The first-order valence-corrected chi connectivity index (χ1v) is 9.86. The molecule has 0 saturated carbocycles. The van der Waals surface area contributed by atoms with E-state index in [-0.39, 0.29) is 24.0 Å². The largest absolute Gasteiger partial charge is 0.356 e. The van der Waals surface area contributed by atoms with Crippen LogP contribution in [0.5, 0.6) is 0 Å². The van der Waals surface area contributed by atoms with Crippen molar-refractivity contribution in [3.63, 3.8) is 0 Å². The van der Waals surface area contributed by atoms with Crippen LogP contribution in [-0.4, -0.2) is 31.1 Å². The summed E-state index contributed by atoms with van der Waals surface area (Å²) in [6.45, 7) is 1.80. The summed E-state index contributed by atoms with van der Waals surface area (Å²) in [5, 5.41) is 10.1. The molecule has 0 spiro atoms. The third-order valence-corrected chi connectivity index (χ3v) is 5.70. The Morgan fingerprint density at radius 3 is 2.68 bits per heavy atom. The molecular weight excluding hydrogens is 463 g/mol. The summed E-state index contributed by atoms with van der Waals surface area (Å²) in [4.78, 5) is 10.3. The fourth-order valence-corrected chi connectivity index (χ4v) is 4.17. The number of para-hydroxylation sites is 1. The van der Waals surface area contributed by atoms with E-state index in [0.717, 1.165) is 43.8 Å². The van der Waals surface area contributed by atoms with Crippen LogP contribution < -0.4 is 10.6 Å². The van der Waals surface area contributed by atoms with Gasteiger partial charge < -0.3 is 10.6 Å². The minimum Gasteiger partial charge on any atom is -0.356 e.